The summed E-state index contributed by atoms with van der Waals surface area (Å²) in [5.41, 5.74) is 0.130. The van der Waals surface area contributed by atoms with Crippen LogP contribution in [0.25, 0.3) is 0 Å². The number of nitriles is 1. The van der Waals surface area contributed by atoms with Crippen molar-refractivity contribution in [1.29, 1.82) is 5.26 Å². The molecule has 0 aromatic heterocycles. The zero-order valence-corrected chi connectivity index (χ0v) is 11.2. The summed E-state index contributed by atoms with van der Waals surface area (Å²) in [7, 11) is 0. The largest absolute Gasteiger partial charge is 0.507 e. The Morgan fingerprint density at radius 1 is 1.24 bits per heavy atom. The monoisotopic (exact) mass is 321 g/mol. The molecule has 10 heteroatoms. The van der Waals surface area contributed by atoms with Crippen molar-refractivity contribution in [3.63, 3.8) is 0 Å². The van der Waals surface area contributed by atoms with Gasteiger partial charge in [0, 0.05) is 6.07 Å². The molecule has 21 heavy (non-hydrogen) atoms. The van der Waals surface area contributed by atoms with E-state index >= 15 is 0 Å². The first kappa shape index (κ1) is 15.2. The summed E-state index contributed by atoms with van der Waals surface area (Å²) in [6.45, 7) is 0. The number of halogens is 4. The van der Waals surface area contributed by atoms with Crippen molar-refractivity contribution in [3.8, 4) is 17.7 Å². The Bertz CT molecular complexity index is 630. The van der Waals surface area contributed by atoms with Gasteiger partial charge in [-0.2, -0.15) is 22.8 Å². The number of nitrogens with zero attached hydrogens (tertiary/aromatic N) is 2. The molecular weight excluding hydrogens is 314 g/mol. The van der Waals surface area contributed by atoms with Crippen LogP contribution < -0.4 is 14.8 Å². The third-order valence-electron chi connectivity index (χ3n) is 2.33. The van der Waals surface area contributed by atoms with E-state index in [1.807, 2.05) is 0 Å². The summed E-state index contributed by atoms with van der Waals surface area (Å²) in [4.78, 5) is 3.94. The van der Waals surface area contributed by atoms with E-state index in [9.17, 15) is 17.6 Å². The molecule has 1 N–H and O–H groups in total. The highest BCUT2D eigenvalue weighted by Crippen LogP contribution is 2.47. The summed E-state index contributed by atoms with van der Waals surface area (Å²) in [5, 5.41) is 11.0. The highest BCUT2D eigenvalue weighted by atomic mass is 32.2. The second-order valence-electron chi connectivity index (χ2n) is 3.73. The average Bonchev–Trinajstić information content (AvgIpc) is 2.39. The molecular formula is C11H7F4N3O2S. The molecule has 0 aliphatic carbocycles. The first-order valence-corrected chi connectivity index (χ1v) is 6.57. The summed E-state index contributed by atoms with van der Waals surface area (Å²) < 4.78 is 59.9. The van der Waals surface area contributed by atoms with Crippen molar-refractivity contribution in [1.82, 2.24) is 5.32 Å². The van der Waals surface area contributed by atoms with Gasteiger partial charge in [0.1, 0.15) is 0 Å². The first-order chi connectivity index (χ1) is 9.79. The number of amidine groups is 1. The maximum Gasteiger partial charge on any atom is 0.507 e. The number of thioether (sulfide) groups is 1. The lowest BCUT2D eigenvalue weighted by Gasteiger charge is -2.31. The fourth-order valence-corrected chi connectivity index (χ4v) is 1.76. The smallest absolute Gasteiger partial charge is 0.421 e. The topological polar surface area (TPSA) is 66.6 Å². The molecule has 1 heterocycles. The fraction of sp³-hybridized carbons (Fsp3) is 0.273. The molecule has 5 nitrogen and oxygen atoms in total. The van der Waals surface area contributed by atoms with E-state index in [-0.39, 0.29) is 10.9 Å². The molecule has 0 saturated heterocycles. The van der Waals surface area contributed by atoms with E-state index in [0.717, 1.165) is 23.9 Å². The van der Waals surface area contributed by atoms with E-state index in [0.29, 0.717) is 0 Å². The fourth-order valence-electron chi connectivity index (χ4n) is 1.42. The molecule has 1 aliphatic rings. The molecule has 2 rings (SSSR count). The maximum atomic E-state index is 13.0. The molecule has 0 saturated carbocycles. The van der Waals surface area contributed by atoms with Gasteiger partial charge < -0.3 is 9.47 Å². The minimum Gasteiger partial charge on any atom is -0.421 e. The SMILES string of the molecule is CSC(=Nc1ccc2c(c1)OC(F)(F)C(F)(F)O2)NC#N. The number of hydrogen-bond acceptors (Lipinski definition) is 5. The van der Waals surface area contributed by atoms with Gasteiger partial charge in [-0.15, -0.1) is 0 Å². The zero-order valence-electron chi connectivity index (χ0n) is 10.4. The van der Waals surface area contributed by atoms with Crippen LogP contribution in [-0.4, -0.2) is 23.6 Å². The normalized spacial score (nSPS) is 18.8. The molecule has 0 atom stereocenters. The van der Waals surface area contributed by atoms with Crippen LogP contribution in [0.15, 0.2) is 23.2 Å². The van der Waals surface area contributed by atoms with Gasteiger partial charge in [0.05, 0.1) is 5.69 Å². The van der Waals surface area contributed by atoms with Gasteiger partial charge in [-0.1, -0.05) is 11.8 Å². The number of rotatable bonds is 1. The molecule has 112 valence electrons. The lowest BCUT2D eigenvalue weighted by Crippen LogP contribution is -2.52. The van der Waals surface area contributed by atoms with Crippen LogP contribution in [0.2, 0.25) is 0 Å². The second-order valence-corrected chi connectivity index (χ2v) is 4.52. The Morgan fingerprint density at radius 2 is 1.86 bits per heavy atom. The quantitative estimate of drug-likeness (QED) is 0.283. The average molecular weight is 321 g/mol. The lowest BCUT2D eigenvalue weighted by atomic mass is 10.2. The van der Waals surface area contributed by atoms with Gasteiger partial charge in [0.25, 0.3) is 0 Å². The first-order valence-electron chi connectivity index (χ1n) is 5.34. The van der Waals surface area contributed by atoms with Crippen LogP contribution in [0.5, 0.6) is 11.5 Å². The lowest BCUT2D eigenvalue weighted by molar-refractivity contribution is -0.391. The maximum absolute atomic E-state index is 13.0. The Hall–Kier alpha value is -2.15. The van der Waals surface area contributed by atoms with E-state index in [1.54, 1.807) is 12.4 Å². The Balaban J connectivity index is 2.36. The summed E-state index contributed by atoms with van der Waals surface area (Å²) in [5.74, 6) is -1.09. The van der Waals surface area contributed by atoms with Gasteiger partial charge in [-0.25, -0.2) is 4.99 Å². The van der Waals surface area contributed by atoms with E-state index in [4.69, 9.17) is 5.26 Å². The predicted molar refractivity (Wildman–Crippen MR) is 67.0 cm³/mol. The van der Waals surface area contributed by atoms with Crippen LogP contribution in [0.1, 0.15) is 0 Å². The van der Waals surface area contributed by atoms with Gasteiger partial charge in [-0.3, -0.25) is 5.32 Å². The van der Waals surface area contributed by atoms with Crippen molar-refractivity contribution in [3.05, 3.63) is 18.2 Å². The van der Waals surface area contributed by atoms with Crippen LogP contribution >= 0.6 is 11.8 Å². The second kappa shape index (κ2) is 5.33. The standard InChI is InChI=1S/C11H7F4N3O2S/c1-21-9(17-5-16)18-6-2-3-7-8(4-6)20-11(14,15)10(12,13)19-7/h2-4H,1H3,(H,17,18). The van der Waals surface area contributed by atoms with E-state index < -0.39 is 23.7 Å². The third-order valence-corrected chi connectivity index (χ3v) is 2.91. The number of hydrogen-bond donors (Lipinski definition) is 1. The van der Waals surface area contributed by atoms with E-state index in [1.165, 1.54) is 6.07 Å². The third kappa shape index (κ3) is 2.97. The van der Waals surface area contributed by atoms with Crippen molar-refractivity contribution in [2.45, 2.75) is 12.2 Å². The van der Waals surface area contributed by atoms with Gasteiger partial charge >= 0.3 is 12.2 Å². The highest BCUT2D eigenvalue weighted by molar-refractivity contribution is 8.13. The van der Waals surface area contributed by atoms with Gasteiger partial charge in [0.2, 0.25) is 0 Å². The Kier molecular flexibility index (Phi) is 3.87. The number of aliphatic imine (C=N–C) groups is 1. The zero-order chi connectivity index (χ0) is 15.7. The highest BCUT2D eigenvalue weighted by Gasteiger charge is 2.65. The molecule has 1 aromatic rings. The van der Waals surface area contributed by atoms with Crippen molar-refractivity contribution >= 4 is 22.6 Å². The number of benzene rings is 1. The number of ether oxygens (including phenoxy) is 2. The van der Waals surface area contributed by atoms with Gasteiger partial charge in [0.15, 0.2) is 22.9 Å². The van der Waals surface area contributed by atoms with Crippen LogP contribution in [0, 0.1) is 11.5 Å². The molecule has 0 unspecified atom stereocenters. The number of fused-ring (bicyclic) bond motifs is 1. The molecule has 1 aromatic carbocycles. The number of alkyl halides is 4. The molecule has 0 radical (unpaired) electrons. The van der Waals surface area contributed by atoms with Gasteiger partial charge in [-0.05, 0) is 18.4 Å². The summed E-state index contributed by atoms with van der Waals surface area (Å²) in [6, 6.07) is 3.30. The van der Waals surface area contributed by atoms with Crippen molar-refractivity contribution in [2.75, 3.05) is 6.26 Å². The van der Waals surface area contributed by atoms with Crippen LogP contribution in [-0.2, 0) is 0 Å². The predicted octanol–water partition coefficient (Wildman–Crippen LogP) is 3.06. The molecule has 1 aliphatic heterocycles. The van der Waals surface area contributed by atoms with Crippen molar-refractivity contribution < 1.29 is 27.0 Å². The van der Waals surface area contributed by atoms with E-state index in [2.05, 4.69) is 19.8 Å². The number of nitrogens with one attached hydrogen (secondary N) is 1. The molecule has 0 fully saturated rings. The summed E-state index contributed by atoms with van der Waals surface area (Å²) in [6.07, 6.45) is -6.25. The summed E-state index contributed by atoms with van der Waals surface area (Å²) >= 11 is 1.10. The van der Waals surface area contributed by atoms with Crippen molar-refractivity contribution in [2.24, 2.45) is 4.99 Å². The van der Waals surface area contributed by atoms with Crippen LogP contribution in [0.4, 0.5) is 23.2 Å². The minimum atomic E-state index is -4.78. The Labute approximate surface area is 120 Å². The molecule has 0 amide bonds. The van der Waals surface area contributed by atoms with Crippen LogP contribution in [0.3, 0.4) is 0 Å². The molecule has 0 bridgehead atoms. The Morgan fingerprint density at radius 3 is 2.43 bits per heavy atom. The minimum absolute atomic E-state index is 0.130. The molecule has 0 spiro atoms.